The van der Waals surface area contributed by atoms with Gasteiger partial charge in [0.25, 0.3) is 0 Å². The summed E-state index contributed by atoms with van der Waals surface area (Å²) in [5, 5.41) is 0. The molecule has 0 aliphatic carbocycles. The van der Waals surface area contributed by atoms with E-state index in [9.17, 15) is 30.0 Å². The van der Waals surface area contributed by atoms with E-state index in [0.29, 0.717) is 12.1 Å². The highest BCUT2D eigenvalue weighted by molar-refractivity contribution is 7.89. The smallest absolute Gasteiger partial charge is 0.214 e. The molecule has 0 fully saturated rings. The van der Waals surface area contributed by atoms with Crippen LogP contribution in [0.4, 0.5) is 13.2 Å². The summed E-state index contributed by atoms with van der Waals surface area (Å²) in [6, 6.07) is 6.45. The molecule has 0 heterocycles. The first-order chi connectivity index (χ1) is 11.6. The maximum absolute atomic E-state index is 13.6. The zero-order valence-corrected chi connectivity index (χ0v) is 14.4. The Labute approximate surface area is 142 Å². The van der Waals surface area contributed by atoms with Crippen LogP contribution >= 0.6 is 0 Å². The molecule has 0 atom stereocenters. The van der Waals surface area contributed by atoms with Crippen LogP contribution in [0.5, 0.6) is 0 Å². The number of benzene rings is 2. The summed E-state index contributed by atoms with van der Waals surface area (Å²) < 4.78 is 91.4. The minimum absolute atomic E-state index is 0.0919. The molecule has 0 amide bonds. The third-order valence-corrected chi connectivity index (χ3v) is 6.06. The fourth-order valence-corrected chi connectivity index (χ4v) is 3.80. The molecule has 0 saturated carbocycles. The van der Waals surface area contributed by atoms with Gasteiger partial charge in [0, 0.05) is 6.54 Å². The molecule has 0 aliphatic rings. The number of hydrogen-bond acceptors (Lipinski definition) is 4. The lowest BCUT2D eigenvalue weighted by Gasteiger charge is -2.09. The third kappa shape index (κ3) is 4.18. The number of halogens is 3. The number of hydrogen-bond donors (Lipinski definition) is 2. The molecule has 0 unspecified atom stereocenters. The molecule has 0 aliphatic heterocycles. The Morgan fingerprint density at radius 1 is 0.920 bits per heavy atom. The summed E-state index contributed by atoms with van der Waals surface area (Å²) in [7, 11) is -6.98. The van der Waals surface area contributed by atoms with E-state index in [4.69, 9.17) is 0 Å². The van der Waals surface area contributed by atoms with E-state index in [-0.39, 0.29) is 17.0 Å². The van der Waals surface area contributed by atoms with Gasteiger partial charge in [-0.15, -0.1) is 0 Å². The average Bonchev–Trinajstić information content (AvgIpc) is 2.58. The zero-order chi connectivity index (χ0) is 18.8. The Morgan fingerprint density at radius 2 is 1.60 bits per heavy atom. The molecular weight excluding hydrogens is 381 g/mol. The lowest BCUT2D eigenvalue weighted by Crippen LogP contribution is -2.25. The van der Waals surface area contributed by atoms with Crippen LogP contribution < -0.4 is 9.44 Å². The second kappa shape index (κ2) is 7.12. The number of sulfonamides is 2. The highest BCUT2D eigenvalue weighted by atomic mass is 32.2. The summed E-state index contributed by atoms with van der Waals surface area (Å²) in [5.41, 5.74) is 0.267. The van der Waals surface area contributed by atoms with Crippen LogP contribution in [-0.2, 0) is 26.6 Å². The highest BCUT2D eigenvalue weighted by Gasteiger charge is 2.24. The van der Waals surface area contributed by atoms with Gasteiger partial charge in [0.2, 0.25) is 20.0 Å². The molecular formula is C14H13F3N2O4S2. The maximum atomic E-state index is 13.6. The van der Waals surface area contributed by atoms with Crippen molar-refractivity contribution in [1.82, 2.24) is 9.44 Å². The largest absolute Gasteiger partial charge is 0.243 e. The van der Waals surface area contributed by atoms with Crippen molar-refractivity contribution in [3.63, 3.8) is 0 Å². The van der Waals surface area contributed by atoms with Crippen LogP contribution in [-0.4, -0.2) is 23.9 Å². The van der Waals surface area contributed by atoms with Gasteiger partial charge in [-0.25, -0.2) is 39.5 Å². The van der Waals surface area contributed by atoms with Crippen molar-refractivity contribution in [2.24, 2.45) is 0 Å². The van der Waals surface area contributed by atoms with E-state index < -0.39 is 42.4 Å². The van der Waals surface area contributed by atoms with Gasteiger partial charge >= 0.3 is 0 Å². The van der Waals surface area contributed by atoms with Gasteiger partial charge in [0.15, 0.2) is 17.5 Å². The van der Waals surface area contributed by atoms with Gasteiger partial charge in [-0.1, -0.05) is 12.1 Å². The molecule has 25 heavy (non-hydrogen) atoms. The van der Waals surface area contributed by atoms with Crippen molar-refractivity contribution in [3.8, 4) is 0 Å². The zero-order valence-electron chi connectivity index (χ0n) is 12.8. The van der Waals surface area contributed by atoms with Crippen molar-refractivity contribution in [3.05, 3.63) is 59.4 Å². The molecule has 136 valence electrons. The first-order valence-corrected chi connectivity index (χ1v) is 9.71. The Balaban J connectivity index is 2.27. The van der Waals surface area contributed by atoms with Crippen molar-refractivity contribution in [2.45, 2.75) is 16.3 Å². The maximum Gasteiger partial charge on any atom is 0.243 e. The Kier molecular flexibility index (Phi) is 5.52. The minimum Gasteiger partial charge on any atom is -0.214 e. The molecule has 0 bridgehead atoms. The van der Waals surface area contributed by atoms with E-state index in [1.807, 2.05) is 4.72 Å². The van der Waals surface area contributed by atoms with Gasteiger partial charge in [0.05, 0.1) is 4.90 Å². The van der Waals surface area contributed by atoms with Crippen molar-refractivity contribution >= 4 is 20.0 Å². The summed E-state index contributed by atoms with van der Waals surface area (Å²) in [6.45, 7) is -0.381. The fourth-order valence-electron chi connectivity index (χ4n) is 1.91. The quantitative estimate of drug-likeness (QED) is 0.726. The van der Waals surface area contributed by atoms with Crippen molar-refractivity contribution < 1.29 is 30.0 Å². The second-order valence-corrected chi connectivity index (χ2v) is 8.47. The predicted octanol–water partition coefficient (Wildman–Crippen LogP) is 1.49. The topological polar surface area (TPSA) is 92.3 Å². The van der Waals surface area contributed by atoms with Gasteiger partial charge in [-0.2, -0.15) is 0 Å². The predicted molar refractivity (Wildman–Crippen MR) is 83.0 cm³/mol. The van der Waals surface area contributed by atoms with E-state index in [0.717, 1.165) is 0 Å². The van der Waals surface area contributed by atoms with Crippen LogP contribution in [0.25, 0.3) is 0 Å². The molecule has 2 aromatic rings. The van der Waals surface area contributed by atoms with Crippen LogP contribution in [0.15, 0.2) is 46.2 Å². The second-order valence-electron chi connectivity index (χ2n) is 4.85. The molecule has 11 heteroatoms. The number of nitrogens with one attached hydrogen (secondary N) is 2. The highest BCUT2D eigenvalue weighted by Crippen LogP contribution is 2.20. The molecule has 0 radical (unpaired) electrons. The average molecular weight is 394 g/mol. The van der Waals surface area contributed by atoms with Gasteiger partial charge in [0.1, 0.15) is 4.90 Å². The molecule has 2 rings (SSSR count). The summed E-state index contributed by atoms with van der Waals surface area (Å²) >= 11 is 0. The monoisotopic (exact) mass is 394 g/mol. The summed E-state index contributed by atoms with van der Waals surface area (Å²) in [4.78, 5) is -1.14. The molecule has 2 N–H and O–H groups in total. The Morgan fingerprint density at radius 3 is 2.24 bits per heavy atom. The normalized spacial score (nSPS) is 12.3. The van der Waals surface area contributed by atoms with E-state index in [1.165, 1.54) is 31.3 Å². The van der Waals surface area contributed by atoms with Gasteiger partial charge in [-0.05, 0) is 36.9 Å². The van der Waals surface area contributed by atoms with Crippen LogP contribution in [0.3, 0.4) is 0 Å². The molecule has 2 aromatic carbocycles. The first kappa shape index (κ1) is 19.4. The van der Waals surface area contributed by atoms with Crippen LogP contribution in [0.2, 0.25) is 0 Å². The fraction of sp³-hybridized carbons (Fsp3) is 0.143. The minimum atomic E-state index is -4.48. The lowest BCUT2D eigenvalue weighted by atomic mass is 10.2. The molecule has 6 nitrogen and oxygen atoms in total. The van der Waals surface area contributed by atoms with Gasteiger partial charge in [-0.3, -0.25) is 0 Å². The van der Waals surface area contributed by atoms with E-state index >= 15 is 0 Å². The number of rotatable bonds is 6. The van der Waals surface area contributed by atoms with Crippen molar-refractivity contribution in [1.29, 1.82) is 0 Å². The third-order valence-electron chi connectivity index (χ3n) is 3.23. The SMILES string of the molecule is CNS(=O)(=O)c1cccc(CNS(=O)(=O)c2ccc(F)c(F)c2F)c1. The standard InChI is InChI=1S/C14H13F3N2O4S2/c1-18-24(20,21)10-4-2-3-9(7-10)8-19-25(22,23)12-6-5-11(15)13(16)14(12)17/h2-7,18-19H,8H2,1H3. The molecule has 0 spiro atoms. The van der Waals surface area contributed by atoms with Gasteiger partial charge < -0.3 is 0 Å². The van der Waals surface area contributed by atoms with E-state index in [1.54, 1.807) is 0 Å². The summed E-state index contributed by atoms with van der Waals surface area (Å²) in [5.74, 6) is -5.24. The Bertz CT molecular complexity index is 1010. The lowest BCUT2D eigenvalue weighted by molar-refractivity contribution is 0.431. The Hall–Kier alpha value is -1.95. The summed E-state index contributed by atoms with van der Waals surface area (Å²) in [6.07, 6.45) is 0. The first-order valence-electron chi connectivity index (χ1n) is 6.74. The van der Waals surface area contributed by atoms with Crippen molar-refractivity contribution in [2.75, 3.05) is 7.05 Å². The van der Waals surface area contributed by atoms with Crippen LogP contribution in [0, 0.1) is 17.5 Å². The molecule has 0 saturated heterocycles. The molecule has 0 aromatic heterocycles. The van der Waals surface area contributed by atoms with E-state index in [2.05, 4.69) is 4.72 Å². The van der Waals surface area contributed by atoms with Crippen LogP contribution in [0.1, 0.15) is 5.56 Å².